The summed E-state index contributed by atoms with van der Waals surface area (Å²) in [5.41, 5.74) is 3.61. The van der Waals surface area contributed by atoms with E-state index in [9.17, 15) is 4.79 Å². The zero-order valence-corrected chi connectivity index (χ0v) is 14.9. The first-order valence-corrected chi connectivity index (χ1v) is 8.04. The molecule has 24 heavy (non-hydrogen) atoms. The summed E-state index contributed by atoms with van der Waals surface area (Å²) in [5.74, 6) is -0.428. The molecule has 1 heterocycles. The van der Waals surface area contributed by atoms with Crippen molar-refractivity contribution in [1.82, 2.24) is 9.78 Å². The molecule has 2 rings (SSSR count). The minimum absolute atomic E-state index is 0.0583. The van der Waals surface area contributed by atoms with Crippen molar-refractivity contribution in [1.29, 1.82) is 0 Å². The molecule has 1 atom stereocenters. The number of benzene rings is 1. The van der Waals surface area contributed by atoms with E-state index in [2.05, 4.69) is 49.6 Å². The molecule has 0 saturated heterocycles. The van der Waals surface area contributed by atoms with Crippen LogP contribution in [-0.2, 0) is 10.3 Å². The number of anilines is 2. The molecule has 0 fully saturated rings. The predicted octanol–water partition coefficient (Wildman–Crippen LogP) is 3.05. The van der Waals surface area contributed by atoms with Crippen LogP contribution >= 0.6 is 0 Å². The largest absolute Gasteiger partial charge is 0.387 e. The second-order valence-corrected chi connectivity index (χ2v) is 6.94. The number of nitrogens with one attached hydrogen (secondary N) is 2. The molecule has 1 aromatic carbocycles. The van der Waals surface area contributed by atoms with Gasteiger partial charge in [-0.25, -0.2) is 0 Å². The van der Waals surface area contributed by atoms with Crippen LogP contribution in [0.25, 0.3) is 0 Å². The topological polar surface area (TPSA) is 79.2 Å². The Morgan fingerprint density at radius 1 is 1.33 bits per heavy atom. The van der Waals surface area contributed by atoms with Crippen molar-refractivity contribution in [2.45, 2.75) is 46.2 Å². The second-order valence-electron chi connectivity index (χ2n) is 6.94. The zero-order chi connectivity index (χ0) is 17.9. The fraction of sp³-hybridized carbons (Fsp3) is 0.444. The van der Waals surface area contributed by atoms with Crippen LogP contribution < -0.4 is 10.6 Å². The Kier molecular flexibility index (Phi) is 5.29. The van der Waals surface area contributed by atoms with Crippen LogP contribution in [0.15, 0.2) is 30.5 Å². The fourth-order valence-corrected chi connectivity index (χ4v) is 2.46. The molecule has 0 spiro atoms. The number of aryl methyl sites for hydroxylation is 1. The maximum atomic E-state index is 11.3. The zero-order valence-electron chi connectivity index (χ0n) is 14.9. The van der Waals surface area contributed by atoms with Crippen molar-refractivity contribution in [3.8, 4) is 0 Å². The Morgan fingerprint density at radius 2 is 2.00 bits per heavy atom. The van der Waals surface area contributed by atoms with Gasteiger partial charge in [-0.1, -0.05) is 6.07 Å². The van der Waals surface area contributed by atoms with Crippen LogP contribution in [0.2, 0.25) is 0 Å². The molecular formula is C18H26N4O2. The van der Waals surface area contributed by atoms with E-state index in [0.29, 0.717) is 5.69 Å². The Hall–Kier alpha value is -2.34. The van der Waals surface area contributed by atoms with Gasteiger partial charge in [-0.3, -0.25) is 9.48 Å². The van der Waals surface area contributed by atoms with Crippen LogP contribution in [-0.4, -0.2) is 27.4 Å². The molecule has 0 bridgehead atoms. The first-order valence-electron chi connectivity index (χ1n) is 8.04. The number of amides is 1. The molecule has 0 aliphatic rings. The maximum absolute atomic E-state index is 11.3. The maximum Gasteiger partial charge on any atom is 0.250 e. The molecule has 3 N–H and O–H groups in total. The summed E-state index contributed by atoms with van der Waals surface area (Å²) in [7, 11) is 0. The number of hydrogen-bond donors (Lipinski definition) is 3. The molecule has 0 aliphatic heterocycles. The van der Waals surface area contributed by atoms with Crippen LogP contribution in [0.5, 0.6) is 0 Å². The van der Waals surface area contributed by atoms with Crippen molar-refractivity contribution in [3.63, 3.8) is 0 Å². The van der Waals surface area contributed by atoms with E-state index in [-0.39, 0.29) is 11.6 Å². The molecule has 1 aromatic heterocycles. The Labute approximate surface area is 142 Å². The van der Waals surface area contributed by atoms with Crippen molar-refractivity contribution in [2.75, 3.05) is 17.2 Å². The molecule has 6 nitrogen and oxygen atoms in total. The van der Waals surface area contributed by atoms with Gasteiger partial charge in [0.2, 0.25) is 5.91 Å². The van der Waals surface area contributed by atoms with Gasteiger partial charge in [0, 0.05) is 23.1 Å². The van der Waals surface area contributed by atoms with Gasteiger partial charge >= 0.3 is 0 Å². The van der Waals surface area contributed by atoms with Gasteiger partial charge < -0.3 is 15.7 Å². The first-order chi connectivity index (χ1) is 11.2. The van der Waals surface area contributed by atoms with E-state index in [0.717, 1.165) is 16.9 Å². The number of aliphatic hydroxyl groups is 1. The summed E-state index contributed by atoms with van der Waals surface area (Å²) in [6, 6.07) is 7.49. The lowest BCUT2D eigenvalue weighted by Crippen LogP contribution is -2.22. The van der Waals surface area contributed by atoms with Crippen LogP contribution in [0.3, 0.4) is 0 Å². The lowest BCUT2D eigenvalue weighted by molar-refractivity contribution is -0.118. The van der Waals surface area contributed by atoms with Crippen molar-refractivity contribution < 1.29 is 9.90 Å². The summed E-state index contributed by atoms with van der Waals surface area (Å²) < 4.78 is 1.98. The molecule has 2 aromatic rings. The van der Waals surface area contributed by atoms with Crippen molar-refractivity contribution >= 4 is 17.3 Å². The molecule has 0 saturated carbocycles. The summed E-state index contributed by atoms with van der Waals surface area (Å²) in [6.45, 7) is 9.92. The monoisotopic (exact) mass is 330 g/mol. The number of nitrogens with zero attached hydrogens (tertiary/aromatic N) is 2. The Morgan fingerprint density at radius 3 is 2.58 bits per heavy atom. The number of hydrogen-bond acceptors (Lipinski definition) is 4. The van der Waals surface area contributed by atoms with Gasteiger partial charge in [0.05, 0.1) is 17.3 Å². The number of aliphatic hydroxyl groups excluding tert-OH is 1. The third-order valence-electron chi connectivity index (χ3n) is 3.76. The molecule has 6 heteroatoms. The average molecular weight is 330 g/mol. The highest BCUT2D eigenvalue weighted by atomic mass is 16.3. The number of carbonyl (C=O) groups excluding carboxylic acids is 1. The smallest absolute Gasteiger partial charge is 0.250 e. The van der Waals surface area contributed by atoms with Gasteiger partial charge in [-0.2, -0.15) is 5.10 Å². The summed E-state index contributed by atoms with van der Waals surface area (Å²) in [4.78, 5) is 11.3. The van der Waals surface area contributed by atoms with Gasteiger partial charge in [-0.05, 0) is 52.8 Å². The normalized spacial score (nSPS) is 12.8. The predicted molar refractivity (Wildman–Crippen MR) is 96.2 cm³/mol. The molecule has 0 aliphatic carbocycles. The van der Waals surface area contributed by atoms with E-state index < -0.39 is 12.5 Å². The minimum Gasteiger partial charge on any atom is -0.387 e. The second kappa shape index (κ2) is 7.05. The third kappa shape index (κ3) is 4.35. The molecule has 1 amide bonds. The number of carbonyl (C=O) groups is 1. The highest BCUT2D eigenvalue weighted by molar-refractivity contribution is 5.91. The summed E-state index contributed by atoms with van der Waals surface area (Å²) in [6.07, 6.45) is 2.07. The van der Waals surface area contributed by atoms with Crippen molar-refractivity contribution in [3.05, 3.63) is 41.7 Å². The van der Waals surface area contributed by atoms with E-state index in [4.69, 9.17) is 5.11 Å². The number of rotatable bonds is 5. The van der Waals surface area contributed by atoms with Crippen molar-refractivity contribution in [2.24, 2.45) is 0 Å². The summed E-state index contributed by atoms with van der Waals surface area (Å²) >= 11 is 0. The summed E-state index contributed by atoms with van der Waals surface area (Å²) in [5, 5.41) is 19.5. The van der Waals surface area contributed by atoms with Gasteiger partial charge in [-0.15, -0.1) is 0 Å². The van der Waals surface area contributed by atoms with Gasteiger partial charge in [0.15, 0.2) is 0 Å². The van der Waals surface area contributed by atoms with E-state index in [1.807, 2.05) is 29.8 Å². The molecule has 130 valence electrons. The highest BCUT2D eigenvalue weighted by Gasteiger charge is 2.19. The molecule has 0 radical (unpaired) electrons. The SMILES string of the molecule is Cc1nn(C(C)(C)C)cc1C(C)Nc1cccc(NC(=O)CO)c1. The van der Waals surface area contributed by atoms with E-state index in [1.54, 1.807) is 6.07 Å². The standard InChI is InChI=1S/C18H26N4O2/c1-12(16-10-22(18(3,4)5)21-13(16)2)19-14-7-6-8-15(9-14)20-17(24)11-23/h6-10,12,19,23H,11H2,1-5H3,(H,20,24). The Bertz CT molecular complexity index is 716. The average Bonchev–Trinajstić information content (AvgIpc) is 2.89. The molecule has 1 unspecified atom stereocenters. The highest BCUT2D eigenvalue weighted by Crippen LogP contribution is 2.25. The van der Waals surface area contributed by atoms with Crippen LogP contribution in [0.1, 0.15) is 45.0 Å². The van der Waals surface area contributed by atoms with E-state index in [1.165, 1.54) is 0 Å². The first kappa shape index (κ1) is 18.0. The van der Waals surface area contributed by atoms with Gasteiger partial charge in [0.1, 0.15) is 6.61 Å². The van der Waals surface area contributed by atoms with Gasteiger partial charge in [0.25, 0.3) is 0 Å². The fourth-order valence-electron chi connectivity index (χ4n) is 2.46. The number of aromatic nitrogens is 2. The van der Waals surface area contributed by atoms with E-state index >= 15 is 0 Å². The third-order valence-corrected chi connectivity index (χ3v) is 3.76. The van der Waals surface area contributed by atoms with Crippen LogP contribution in [0.4, 0.5) is 11.4 Å². The molecular weight excluding hydrogens is 304 g/mol. The lowest BCUT2D eigenvalue weighted by atomic mass is 10.1. The quantitative estimate of drug-likeness (QED) is 0.787. The lowest BCUT2D eigenvalue weighted by Gasteiger charge is -2.19. The Balaban J connectivity index is 2.15. The minimum atomic E-state index is -0.529. The van der Waals surface area contributed by atoms with Crippen LogP contribution in [0, 0.1) is 6.92 Å².